The third-order valence-electron chi connectivity index (χ3n) is 2.48. The van der Waals surface area contributed by atoms with Gasteiger partial charge in [-0.1, -0.05) is 0 Å². The number of nitrogens with zero attached hydrogens (tertiary/aromatic N) is 2. The topological polar surface area (TPSA) is 82.4 Å². The van der Waals surface area contributed by atoms with E-state index in [9.17, 15) is 9.59 Å². The van der Waals surface area contributed by atoms with Gasteiger partial charge in [0.2, 0.25) is 5.91 Å². The zero-order valence-corrected chi connectivity index (χ0v) is 10.8. The van der Waals surface area contributed by atoms with E-state index in [0.717, 1.165) is 0 Å². The summed E-state index contributed by atoms with van der Waals surface area (Å²) in [5, 5.41) is 11.2. The first-order chi connectivity index (χ1) is 9.08. The molecule has 0 fully saturated rings. The summed E-state index contributed by atoms with van der Waals surface area (Å²) in [4.78, 5) is 24.0. The number of nitriles is 1. The fraction of sp³-hybridized carbons (Fsp3) is 0.308. The summed E-state index contributed by atoms with van der Waals surface area (Å²) in [6, 6.07) is 8.67. The zero-order chi connectivity index (χ0) is 14.3. The van der Waals surface area contributed by atoms with Crippen molar-refractivity contribution >= 4 is 17.7 Å². The molecule has 0 aromatic heterocycles. The lowest BCUT2D eigenvalue weighted by atomic mass is 10.2. The van der Waals surface area contributed by atoms with Crippen molar-refractivity contribution in [3.05, 3.63) is 29.8 Å². The van der Waals surface area contributed by atoms with Crippen molar-refractivity contribution < 1.29 is 14.3 Å². The first-order valence-electron chi connectivity index (χ1n) is 5.68. The number of ether oxygens (including phenoxy) is 1. The maximum atomic E-state index is 11.6. The molecular weight excluding hydrogens is 246 g/mol. The van der Waals surface area contributed by atoms with Gasteiger partial charge in [-0.25, -0.2) is 4.79 Å². The van der Waals surface area contributed by atoms with Crippen LogP contribution in [0.1, 0.15) is 12.5 Å². The molecule has 6 nitrogen and oxygen atoms in total. The van der Waals surface area contributed by atoms with Crippen LogP contribution in [0.2, 0.25) is 0 Å². The van der Waals surface area contributed by atoms with E-state index in [2.05, 4.69) is 10.1 Å². The van der Waals surface area contributed by atoms with Crippen LogP contribution in [0.4, 0.5) is 10.5 Å². The normalized spacial score (nSPS) is 9.32. The number of rotatable bonds is 4. The minimum absolute atomic E-state index is 0.142. The van der Waals surface area contributed by atoms with Crippen LogP contribution < -0.4 is 10.2 Å². The number of nitrogens with one attached hydrogen (secondary N) is 1. The smallest absolute Gasteiger partial charge is 0.406 e. The minimum atomic E-state index is -0.539. The van der Waals surface area contributed by atoms with Crippen LogP contribution in [0.25, 0.3) is 0 Å². The highest BCUT2D eigenvalue weighted by atomic mass is 16.5. The number of benzene rings is 1. The molecule has 0 heterocycles. The lowest BCUT2D eigenvalue weighted by Gasteiger charge is -2.21. The molecule has 1 aromatic rings. The monoisotopic (exact) mass is 261 g/mol. The second kappa shape index (κ2) is 7.01. The standard InChI is InChI=1S/C13H15N3O3/c1-10(17)16(8-7-15-13(18)19-2)12-5-3-11(9-14)4-6-12/h3-6H,7-8H2,1-2H3,(H,15,18). The molecular formula is C13H15N3O3. The highest BCUT2D eigenvalue weighted by molar-refractivity contribution is 5.91. The zero-order valence-electron chi connectivity index (χ0n) is 10.8. The molecule has 0 saturated carbocycles. The van der Waals surface area contributed by atoms with Crippen LogP contribution in [-0.2, 0) is 9.53 Å². The Hall–Kier alpha value is -2.55. The molecule has 6 heteroatoms. The van der Waals surface area contributed by atoms with Crippen molar-refractivity contribution in [1.29, 1.82) is 5.26 Å². The molecule has 0 saturated heterocycles. The van der Waals surface area contributed by atoms with Gasteiger partial charge in [-0.3, -0.25) is 4.79 Å². The molecule has 0 aliphatic carbocycles. The SMILES string of the molecule is COC(=O)NCCN(C(C)=O)c1ccc(C#N)cc1. The maximum absolute atomic E-state index is 11.6. The van der Waals surface area contributed by atoms with Gasteiger partial charge >= 0.3 is 6.09 Å². The largest absolute Gasteiger partial charge is 0.453 e. The molecule has 1 aromatic carbocycles. The summed E-state index contributed by atoms with van der Waals surface area (Å²) >= 11 is 0. The molecule has 2 amide bonds. The van der Waals surface area contributed by atoms with Gasteiger partial charge in [0.1, 0.15) is 0 Å². The Morgan fingerprint density at radius 2 is 2.00 bits per heavy atom. The third-order valence-corrected chi connectivity index (χ3v) is 2.48. The molecule has 19 heavy (non-hydrogen) atoms. The number of amides is 2. The molecule has 0 unspecified atom stereocenters. The van der Waals surface area contributed by atoms with E-state index in [1.165, 1.54) is 18.9 Å². The Morgan fingerprint density at radius 1 is 1.37 bits per heavy atom. The summed E-state index contributed by atoms with van der Waals surface area (Å²) in [5.41, 5.74) is 1.21. The van der Waals surface area contributed by atoms with Gasteiger partial charge in [-0.2, -0.15) is 5.26 Å². The Bertz CT molecular complexity index is 491. The summed E-state index contributed by atoms with van der Waals surface area (Å²) < 4.78 is 4.44. The third kappa shape index (κ3) is 4.32. The average molecular weight is 261 g/mol. The number of alkyl carbamates (subject to hydrolysis) is 1. The van der Waals surface area contributed by atoms with E-state index in [4.69, 9.17) is 5.26 Å². The number of anilines is 1. The molecule has 1 rings (SSSR count). The predicted molar refractivity (Wildman–Crippen MR) is 69.6 cm³/mol. The second-order valence-electron chi connectivity index (χ2n) is 3.75. The average Bonchev–Trinajstić information content (AvgIpc) is 2.43. The summed E-state index contributed by atoms with van der Waals surface area (Å²) in [5.74, 6) is -0.142. The van der Waals surface area contributed by atoms with Gasteiger partial charge in [0, 0.05) is 25.7 Å². The van der Waals surface area contributed by atoms with Gasteiger partial charge in [-0.15, -0.1) is 0 Å². The minimum Gasteiger partial charge on any atom is -0.453 e. The number of carbonyl (C=O) groups is 2. The molecule has 1 N–H and O–H groups in total. The Morgan fingerprint density at radius 3 is 2.47 bits per heavy atom. The van der Waals surface area contributed by atoms with Crippen LogP contribution in [0.15, 0.2) is 24.3 Å². The van der Waals surface area contributed by atoms with Crippen molar-refractivity contribution in [1.82, 2.24) is 5.32 Å². The van der Waals surface area contributed by atoms with E-state index in [1.54, 1.807) is 24.3 Å². The number of methoxy groups -OCH3 is 1. The van der Waals surface area contributed by atoms with Crippen LogP contribution in [-0.4, -0.2) is 32.2 Å². The summed E-state index contributed by atoms with van der Waals surface area (Å²) in [7, 11) is 1.28. The van der Waals surface area contributed by atoms with E-state index >= 15 is 0 Å². The lowest BCUT2D eigenvalue weighted by molar-refractivity contribution is -0.116. The van der Waals surface area contributed by atoms with Gasteiger partial charge in [0.15, 0.2) is 0 Å². The highest BCUT2D eigenvalue weighted by Crippen LogP contribution is 2.14. The number of hydrogen-bond donors (Lipinski definition) is 1. The molecule has 0 aliphatic heterocycles. The fourth-order valence-corrected chi connectivity index (χ4v) is 1.53. The van der Waals surface area contributed by atoms with Gasteiger partial charge in [0.25, 0.3) is 0 Å². The molecule has 0 bridgehead atoms. The van der Waals surface area contributed by atoms with E-state index in [0.29, 0.717) is 17.8 Å². The van der Waals surface area contributed by atoms with Crippen molar-refractivity contribution in [2.75, 3.05) is 25.1 Å². The highest BCUT2D eigenvalue weighted by Gasteiger charge is 2.11. The maximum Gasteiger partial charge on any atom is 0.406 e. The van der Waals surface area contributed by atoms with E-state index in [1.807, 2.05) is 6.07 Å². The Balaban J connectivity index is 2.69. The van der Waals surface area contributed by atoms with Crippen LogP contribution >= 0.6 is 0 Å². The quantitative estimate of drug-likeness (QED) is 0.884. The molecule has 100 valence electrons. The second-order valence-corrected chi connectivity index (χ2v) is 3.75. The summed E-state index contributed by atoms with van der Waals surface area (Å²) in [6.45, 7) is 2.05. The predicted octanol–water partition coefficient (Wildman–Crippen LogP) is 1.27. The molecule has 0 spiro atoms. The Labute approximate surface area is 111 Å². The Kier molecular flexibility index (Phi) is 5.35. The van der Waals surface area contributed by atoms with E-state index < -0.39 is 6.09 Å². The van der Waals surface area contributed by atoms with Crippen LogP contribution in [0.5, 0.6) is 0 Å². The van der Waals surface area contributed by atoms with Gasteiger partial charge < -0.3 is 15.0 Å². The van der Waals surface area contributed by atoms with Gasteiger partial charge in [0.05, 0.1) is 18.7 Å². The molecule has 0 radical (unpaired) electrons. The first-order valence-corrected chi connectivity index (χ1v) is 5.68. The lowest BCUT2D eigenvalue weighted by Crippen LogP contribution is -2.37. The number of hydrogen-bond acceptors (Lipinski definition) is 4. The number of carbonyl (C=O) groups excluding carboxylic acids is 2. The van der Waals surface area contributed by atoms with Crippen molar-refractivity contribution in [2.24, 2.45) is 0 Å². The van der Waals surface area contributed by atoms with Crippen molar-refractivity contribution in [3.8, 4) is 6.07 Å². The fourth-order valence-electron chi connectivity index (χ4n) is 1.53. The molecule has 0 atom stereocenters. The van der Waals surface area contributed by atoms with Crippen molar-refractivity contribution in [3.63, 3.8) is 0 Å². The summed E-state index contributed by atoms with van der Waals surface area (Å²) in [6.07, 6.45) is -0.539. The van der Waals surface area contributed by atoms with E-state index in [-0.39, 0.29) is 12.5 Å². The first kappa shape index (κ1) is 14.5. The van der Waals surface area contributed by atoms with Gasteiger partial charge in [-0.05, 0) is 24.3 Å². The van der Waals surface area contributed by atoms with Crippen LogP contribution in [0.3, 0.4) is 0 Å². The van der Waals surface area contributed by atoms with Crippen molar-refractivity contribution in [2.45, 2.75) is 6.92 Å². The van der Waals surface area contributed by atoms with Crippen LogP contribution in [0, 0.1) is 11.3 Å². The molecule has 0 aliphatic rings.